The van der Waals surface area contributed by atoms with Crippen LogP contribution in [-0.2, 0) is 14.8 Å². The number of aliphatic hydroxyl groups excluding tert-OH is 1. The van der Waals surface area contributed by atoms with Crippen molar-refractivity contribution in [3.63, 3.8) is 0 Å². The summed E-state index contributed by atoms with van der Waals surface area (Å²) >= 11 is 0. The molecule has 0 aromatic carbocycles. The fraction of sp³-hybridized carbons (Fsp3) is 0.875. The van der Waals surface area contributed by atoms with E-state index in [0.717, 1.165) is 6.92 Å². The van der Waals surface area contributed by atoms with E-state index < -0.39 is 21.2 Å². The number of hydrogen-bond donors (Lipinski definition) is 3. The molecule has 0 aliphatic rings. The van der Waals surface area contributed by atoms with E-state index in [-0.39, 0.29) is 13.2 Å². The van der Waals surface area contributed by atoms with E-state index in [1.54, 1.807) is 0 Å². The Balaban J connectivity index is 3.90. The van der Waals surface area contributed by atoms with Gasteiger partial charge in [0.15, 0.2) is 5.25 Å². The van der Waals surface area contributed by atoms with Gasteiger partial charge in [-0.05, 0) is 26.2 Å². The number of nitrogens with one attached hydrogen (secondary N) is 1. The molecule has 0 spiro atoms. The molecule has 0 heterocycles. The number of aliphatic hydroxyl groups is 1. The SMILES string of the molecule is CC(C(=O)O)S(=O)(=O)NCCCCCO. The first-order chi connectivity index (χ1) is 6.91. The van der Waals surface area contributed by atoms with Gasteiger partial charge in [-0.1, -0.05) is 0 Å². The molecule has 0 saturated carbocycles. The average molecular weight is 239 g/mol. The van der Waals surface area contributed by atoms with Gasteiger partial charge in [0.25, 0.3) is 0 Å². The fourth-order valence-electron chi connectivity index (χ4n) is 0.886. The summed E-state index contributed by atoms with van der Waals surface area (Å²) in [5, 5.41) is 15.5. The largest absolute Gasteiger partial charge is 0.480 e. The lowest BCUT2D eigenvalue weighted by molar-refractivity contribution is -0.136. The second kappa shape index (κ2) is 6.76. The fourth-order valence-corrected chi connectivity index (χ4v) is 1.83. The molecule has 0 fully saturated rings. The molecule has 0 radical (unpaired) electrons. The lowest BCUT2D eigenvalue weighted by Gasteiger charge is -2.09. The van der Waals surface area contributed by atoms with Gasteiger partial charge in [0, 0.05) is 13.2 Å². The van der Waals surface area contributed by atoms with Crippen LogP contribution in [0.2, 0.25) is 0 Å². The molecular weight excluding hydrogens is 222 g/mol. The monoisotopic (exact) mass is 239 g/mol. The molecule has 0 rings (SSSR count). The van der Waals surface area contributed by atoms with E-state index in [1.807, 2.05) is 0 Å². The highest BCUT2D eigenvalue weighted by atomic mass is 32.2. The van der Waals surface area contributed by atoms with Crippen LogP contribution in [-0.4, -0.2) is 43.0 Å². The standard InChI is InChI=1S/C8H17NO5S/c1-7(8(11)12)15(13,14)9-5-3-2-4-6-10/h7,9-10H,2-6H2,1H3,(H,11,12). The number of rotatable bonds is 8. The van der Waals surface area contributed by atoms with Gasteiger partial charge in [-0.2, -0.15) is 0 Å². The van der Waals surface area contributed by atoms with Crippen LogP contribution in [0, 0.1) is 0 Å². The van der Waals surface area contributed by atoms with Crippen LogP contribution >= 0.6 is 0 Å². The van der Waals surface area contributed by atoms with Crippen molar-refractivity contribution in [1.29, 1.82) is 0 Å². The second-order valence-electron chi connectivity index (χ2n) is 3.20. The molecule has 6 nitrogen and oxygen atoms in total. The van der Waals surface area contributed by atoms with Gasteiger partial charge in [0.2, 0.25) is 10.0 Å². The van der Waals surface area contributed by atoms with Crippen LogP contribution in [0.5, 0.6) is 0 Å². The van der Waals surface area contributed by atoms with Gasteiger partial charge in [-0.3, -0.25) is 4.79 Å². The molecule has 0 saturated heterocycles. The minimum absolute atomic E-state index is 0.0816. The zero-order valence-electron chi connectivity index (χ0n) is 8.64. The summed E-state index contributed by atoms with van der Waals surface area (Å²) in [7, 11) is -3.76. The zero-order chi connectivity index (χ0) is 11.9. The van der Waals surface area contributed by atoms with Crippen molar-refractivity contribution < 1.29 is 23.4 Å². The molecule has 3 N–H and O–H groups in total. The molecule has 1 unspecified atom stereocenters. The third kappa shape index (κ3) is 5.71. The minimum atomic E-state index is -3.76. The molecule has 0 aromatic rings. The van der Waals surface area contributed by atoms with Crippen LogP contribution in [0.3, 0.4) is 0 Å². The highest BCUT2D eigenvalue weighted by Gasteiger charge is 2.26. The number of aliphatic carboxylic acids is 1. The molecule has 15 heavy (non-hydrogen) atoms. The van der Waals surface area contributed by atoms with Crippen molar-refractivity contribution in [2.24, 2.45) is 0 Å². The maximum atomic E-state index is 11.3. The number of unbranched alkanes of at least 4 members (excludes halogenated alkanes) is 2. The molecule has 1 atom stereocenters. The molecular formula is C8H17NO5S. The third-order valence-corrected chi connectivity index (χ3v) is 3.69. The van der Waals surface area contributed by atoms with Crippen LogP contribution in [0.15, 0.2) is 0 Å². The van der Waals surface area contributed by atoms with Gasteiger partial charge in [-0.15, -0.1) is 0 Å². The summed E-state index contributed by atoms with van der Waals surface area (Å²) in [5.74, 6) is -1.36. The highest BCUT2D eigenvalue weighted by Crippen LogP contribution is 1.99. The summed E-state index contributed by atoms with van der Waals surface area (Å²) in [5.41, 5.74) is 0. The summed E-state index contributed by atoms with van der Waals surface area (Å²) in [6, 6.07) is 0. The van der Waals surface area contributed by atoms with Crippen LogP contribution in [0.1, 0.15) is 26.2 Å². The maximum Gasteiger partial charge on any atom is 0.323 e. The Hall–Kier alpha value is -0.660. The van der Waals surface area contributed by atoms with Crippen LogP contribution < -0.4 is 4.72 Å². The van der Waals surface area contributed by atoms with E-state index in [1.165, 1.54) is 0 Å². The van der Waals surface area contributed by atoms with Gasteiger partial charge in [-0.25, -0.2) is 13.1 Å². The molecule has 0 amide bonds. The first-order valence-corrected chi connectivity index (χ1v) is 6.28. The van der Waals surface area contributed by atoms with E-state index >= 15 is 0 Å². The maximum absolute atomic E-state index is 11.3. The lowest BCUT2D eigenvalue weighted by atomic mass is 10.2. The predicted molar refractivity (Wildman–Crippen MR) is 55.0 cm³/mol. The summed E-state index contributed by atoms with van der Waals surface area (Å²) in [6.45, 7) is 1.41. The quantitative estimate of drug-likeness (QED) is 0.497. The van der Waals surface area contributed by atoms with Crippen molar-refractivity contribution in [2.45, 2.75) is 31.4 Å². The summed E-state index contributed by atoms with van der Waals surface area (Å²) in [4.78, 5) is 10.4. The normalized spacial score (nSPS) is 13.7. The second-order valence-corrected chi connectivity index (χ2v) is 5.29. The van der Waals surface area contributed by atoms with E-state index in [0.29, 0.717) is 19.3 Å². The van der Waals surface area contributed by atoms with Gasteiger partial charge < -0.3 is 10.2 Å². The first-order valence-electron chi connectivity index (χ1n) is 4.74. The zero-order valence-corrected chi connectivity index (χ0v) is 9.46. The first kappa shape index (κ1) is 14.3. The van der Waals surface area contributed by atoms with Gasteiger partial charge in [0.1, 0.15) is 0 Å². The molecule has 90 valence electrons. The molecule has 0 aliphatic carbocycles. The van der Waals surface area contributed by atoms with Crippen molar-refractivity contribution in [3.8, 4) is 0 Å². The molecule has 0 bridgehead atoms. The van der Waals surface area contributed by atoms with Gasteiger partial charge in [0.05, 0.1) is 0 Å². The molecule has 0 aliphatic heterocycles. The van der Waals surface area contributed by atoms with Crippen molar-refractivity contribution in [1.82, 2.24) is 4.72 Å². The minimum Gasteiger partial charge on any atom is -0.480 e. The number of sulfonamides is 1. The number of hydrogen-bond acceptors (Lipinski definition) is 4. The van der Waals surface area contributed by atoms with Crippen LogP contribution in [0.4, 0.5) is 0 Å². The summed E-state index contributed by atoms with van der Waals surface area (Å²) < 4.78 is 24.7. The number of carboxylic acids is 1. The Morgan fingerprint density at radius 2 is 1.93 bits per heavy atom. The van der Waals surface area contributed by atoms with Crippen molar-refractivity contribution in [2.75, 3.05) is 13.2 Å². The average Bonchev–Trinajstić information content (AvgIpc) is 2.16. The third-order valence-electron chi connectivity index (χ3n) is 1.95. The highest BCUT2D eigenvalue weighted by molar-refractivity contribution is 7.90. The van der Waals surface area contributed by atoms with Gasteiger partial charge >= 0.3 is 5.97 Å². The number of carboxylic acid groups (broad SMARTS) is 1. The Morgan fingerprint density at radius 3 is 2.40 bits per heavy atom. The Morgan fingerprint density at radius 1 is 1.33 bits per heavy atom. The topological polar surface area (TPSA) is 104 Å². The van der Waals surface area contributed by atoms with E-state index in [9.17, 15) is 13.2 Å². The number of carbonyl (C=O) groups is 1. The van der Waals surface area contributed by atoms with Crippen LogP contribution in [0.25, 0.3) is 0 Å². The van der Waals surface area contributed by atoms with E-state index in [4.69, 9.17) is 10.2 Å². The van der Waals surface area contributed by atoms with Crippen molar-refractivity contribution >= 4 is 16.0 Å². The van der Waals surface area contributed by atoms with Crippen molar-refractivity contribution in [3.05, 3.63) is 0 Å². The smallest absolute Gasteiger partial charge is 0.323 e. The Bertz CT molecular complexity index is 287. The lowest BCUT2D eigenvalue weighted by Crippen LogP contribution is -2.37. The van der Waals surface area contributed by atoms with E-state index in [2.05, 4.69) is 4.72 Å². The Kier molecular flexibility index (Phi) is 6.46. The molecule has 0 aromatic heterocycles. The molecule has 7 heteroatoms. The summed E-state index contributed by atoms with van der Waals surface area (Å²) in [6.07, 6.45) is 1.92. The predicted octanol–water partition coefficient (Wildman–Crippen LogP) is -0.459. The Labute approximate surface area is 89.4 Å².